The van der Waals surface area contributed by atoms with Crippen LogP contribution in [-0.4, -0.2) is 67.7 Å². The van der Waals surface area contributed by atoms with E-state index in [1.54, 1.807) is 31.2 Å². The third-order valence-electron chi connectivity index (χ3n) is 4.83. The summed E-state index contributed by atoms with van der Waals surface area (Å²) in [6, 6.07) is 8.94. The smallest absolute Gasteiger partial charge is 0.356 e. The van der Waals surface area contributed by atoms with Crippen molar-refractivity contribution in [3.8, 4) is 0 Å². The lowest BCUT2D eigenvalue weighted by molar-refractivity contribution is -0.193. The highest BCUT2D eigenvalue weighted by Crippen LogP contribution is 2.50. The number of rotatable bonds is 9. The number of hydrogen-bond donors (Lipinski definition) is 2. The number of carbonyl (C=O) groups is 4. The summed E-state index contributed by atoms with van der Waals surface area (Å²) in [7, 11) is 1.26. The van der Waals surface area contributed by atoms with E-state index in [0.717, 1.165) is 34.0 Å². The predicted molar refractivity (Wildman–Crippen MR) is 123 cm³/mol. The zero-order valence-corrected chi connectivity index (χ0v) is 19.6. The standard InChI is InChI=1S/C20H20N2O7S3/c1-3-29-14-13(16(25)26)22-18(27)20(28-2,19(22)32-15(14)17(30)31-10-23)21-12(24)9-11-7-5-4-6-8-11/h4-8,10,15,19H,3,9H2,1-2H3,(H,21,24)(H,25,26)/t15?,19-,20?/m0/s1. The van der Waals surface area contributed by atoms with Crippen LogP contribution in [0.4, 0.5) is 0 Å². The zero-order valence-electron chi connectivity index (χ0n) is 17.1. The summed E-state index contributed by atoms with van der Waals surface area (Å²) in [5, 5.41) is 10.7. The number of thioether (sulfide) groups is 2. The van der Waals surface area contributed by atoms with Crippen LogP contribution in [0, 0.1) is 0 Å². The fourth-order valence-electron chi connectivity index (χ4n) is 3.48. The van der Waals surface area contributed by atoms with Crippen LogP contribution in [0.3, 0.4) is 0 Å². The van der Waals surface area contributed by atoms with Crippen LogP contribution in [0.1, 0.15) is 12.5 Å². The number of methoxy groups -OCH3 is 1. The first-order valence-corrected chi connectivity index (χ1v) is 11.7. The van der Waals surface area contributed by atoms with Gasteiger partial charge in [0.25, 0.3) is 11.6 Å². The third kappa shape index (κ3) is 4.27. The number of carboxylic acid groups (broad SMARTS) is 1. The molecule has 2 aliphatic heterocycles. The maximum atomic E-state index is 13.1. The molecule has 1 aromatic rings. The Hall–Kier alpha value is -2.41. The second-order valence-electron chi connectivity index (χ2n) is 6.68. The first-order valence-electron chi connectivity index (χ1n) is 9.44. The Balaban J connectivity index is 1.96. The number of ether oxygens (including phenoxy) is 2. The molecule has 2 heterocycles. The topological polar surface area (TPSA) is 122 Å². The number of hydrogen-bond acceptors (Lipinski definition) is 9. The molecule has 2 aliphatic rings. The van der Waals surface area contributed by atoms with Gasteiger partial charge in [0.05, 0.1) is 17.2 Å². The molecule has 3 rings (SSSR count). The van der Waals surface area contributed by atoms with Gasteiger partial charge in [0, 0.05) is 7.11 Å². The molecule has 1 fully saturated rings. The first kappa shape index (κ1) is 24.2. The molecule has 170 valence electrons. The van der Waals surface area contributed by atoms with Gasteiger partial charge in [0.1, 0.15) is 16.4 Å². The molecule has 0 aromatic heterocycles. The lowest BCUT2D eigenvalue weighted by Crippen LogP contribution is -2.81. The van der Waals surface area contributed by atoms with Crippen molar-refractivity contribution in [2.24, 2.45) is 0 Å². The first-order chi connectivity index (χ1) is 15.3. The van der Waals surface area contributed by atoms with Gasteiger partial charge in [-0.15, -0.1) is 11.8 Å². The molecule has 1 saturated heterocycles. The lowest BCUT2D eigenvalue weighted by atomic mass is 9.98. The molecule has 0 saturated carbocycles. The van der Waals surface area contributed by atoms with Crippen LogP contribution in [0.5, 0.6) is 0 Å². The normalized spacial score (nSPS) is 24.3. The summed E-state index contributed by atoms with van der Waals surface area (Å²) in [5.41, 5.74) is -0.891. The second kappa shape index (κ2) is 10.0. The van der Waals surface area contributed by atoms with Gasteiger partial charge in [-0.05, 0) is 24.2 Å². The number of fused-ring (bicyclic) bond motifs is 1. The highest BCUT2D eigenvalue weighted by molar-refractivity contribution is 8.33. The summed E-state index contributed by atoms with van der Waals surface area (Å²) in [6.45, 7) is 1.80. The number of aliphatic carboxylic acids is 1. The molecule has 3 atom stereocenters. The van der Waals surface area contributed by atoms with Crippen molar-refractivity contribution >= 4 is 63.3 Å². The van der Waals surface area contributed by atoms with Crippen molar-refractivity contribution in [1.82, 2.24) is 10.2 Å². The number of carbonyl (C=O) groups excluding carboxylic acids is 3. The van der Waals surface area contributed by atoms with E-state index in [2.05, 4.69) is 5.32 Å². The molecule has 9 nitrogen and oxygen atoms in total. The number of carboxylic acids is 1. The van der Waals surface area contributed by atoms with Crippen molar-refractivity contribution in [2.45, 2.75) is 29.7 Å². The molecule has 0 radical (unpaired) electrons. The van der Waals surface area contributed by atoms with Crippen LogP contribution in [0.2, 0.25) is 0 Å². The number of benzene rings is 1. The Kier molecular flexibility index (Phi) is 7.59. The molecule has 0 bridgehead atoms. The van der Waals surface area contributed by atoms with E-state index in [4.69, 9.17) is 21.7 Å². The number of nitrogens with zero attached hydrogens (tertiary/aromatic N) is 1. The molecular weight excluding hydrogens is 476 g/mol. The zero-order chi connectivity index (χ0) is 23.5. The van der Waals surface area contributed by atoms with E-state index in [-0.39, 0.29) is 28.7 Å². The fourth-order valence-corrected chi connectivity index (χ4v) is 5.98. The Morgan fingerprint density at radius 1 is 1.38 bits per heavy atom. The average molecular weight is 497 g/mol. The largest absolute Gasteiger partial charge is 0.494 e. The van der Waals surface area contributed by atoms with Gasteiger partial charge in [-0.25, -0.2) is 4.79 Å². The fraction of sp³-hybridized carbons (Fsp3) is 0.350. The molecular formula is C20H20N2O7S3. The van der Waals surface area contributed by atoms with Crippen LogP contribution in [0.15, 0.2) is 41.8 Å². The number of amides is 2. The molecule has 1 aromatic carbocycles. The molecule has 12 heteroatoms. The van der Waals surface area contributed by atoms with Gasteiger partial charge in [0.2, 0.25) is 5.91 Å². The number of thiocarbonyl (C=S) groups is 1. The predicted octanol–water partition coefficient (Wildman–Crippen LogP) is 1.56. The van der Waals surface area contributed by atoms with E-state index in [1.807, 2.05) is 6.07 Å². The van der Waals surface area contributed by atoms with Crippen LogP contribution in [0.25, 0.3) is 0 Å². The SMILES string of the molecule is CCOC1=C(C(=O)O)N2C(=O)C(NC(=O)Cc3ccccc3)(OC)[C@@H]2SC1C(=S)SC=O. The Morgan fingerprint density at radius 2 is 2.06 bits per heavy atom. The van der Waals surface area contributed by atoms with Crippen molar-refractivity contribution in [3.05, 3.63) is 47.4 Å². The van der Waals surface area contributed by atoms with Crippen molar-refractivity contribution in [3.63, 3.8) is 0 Å². The van der Waals surface area contributed by atoms with E-state index in [0.29, 0.717) is 5.62 Å². The van der Waals surface area contributed by atoms with E-state index in [9.17, 15) is 24.3 Å². The molecule has 0 aliphatic carbocycles. The Morgan fingerprint density at radius 3 is 2.62 bits per heavy atom. The minimum atomic E-state index is -1.78. The number of nitrogens with one attached hydrogen (secondary N) is 1. The van der Waals surface area contributed by atoms with Crippen molar-refractivity contribution in [1.29, 1.82) is 0 Å². The van der Waals surface area contributed by atoms with E-state index < -0.39 is 34.1 Å². The van der Waals surface area contributed by atoms with Crippen molar-refractivity contribution in [2.75, 3.05) is 13.7 Å². The molecule has 2 amide bonds. The van der Waals surface area contributed by atoms with Crippen molar-refractivity contribution < 1.29 is 33.8 Å². The van der Waals surface area contributed by atoms with Gasteiger partial charge < -0.3 is 19.9 Å². The Labute approximate surface area is 197 Å². The minimum absolute atomic E-state index is 0.00523. The van der Waals surface area contributed by atoms with Crippen LogP contribution < -0.4 is 5.32 Å². The maximum Gasteiger partial charge on any atom is 0.356 e. The summed E-state index contributed by atoms with van der Waals surface area (Å²) >= 11 is 7.11. The monoisotopic (exact) mass is 496 g/mol. The summed E-state index contributed by atoms with van der Waals surface area (Å²) in [4.78, 5) is 49.9. The maximum absolute atomic E-state index is 13.1. The summed E-state index contributed by atoms with van der Waals surface area (Å²) < 4.78 is 11.2. The summed E-state index contributed by atoms with van der Waals surface area (Å²) in [6.07, 6.45) is 0.00523. The minimum Gasteiger partial charge on any atom is -0.494 e. The van der Waals surface area contributed by atoms with Gasteiger partial charge in [0.15, 0.2) is 11.3 Å². The third-order valence-corrected chi connectivity index (χ3v) is 7.74. The quantitative estimate of drug-likeness (QED) is 0.225. The Bertz CT molecular complexity index is 985. The van der Waals surface area contributed by atoms with Crippen LogP contribution in [-0.2, 0) is 35.1 Å². The van der Waals surface area contributed by atoms with Gasteiger partial charge >= 0.3 is 5.97 Å². The molecule has 32 heavy (non-hydrogen) atoms. The lowest BCUT2D eigenvalue weighted by Gasteiger charge is -2.56. The van der Waals surface area contributed by atoms with Gasteiger partial charge in [-0.2, -0.15) is 0 Å². The second-order valence-corrected chi connectivity index (χ2v) is 9.43. The highest BCUT2D eigenvalue weighted by atomic mass is 32.2. The summed E-state index contributed by atoms with van der Waals surface area (Å²) in [5.74, 6) is -2.61. The molecule has 2 N–H and O–H groups in total. The van der Waals surface area contributed by atoms with E-state index in [1.165, 1.54) is 7.11 Å². The van der Waals surface area contributed by atoms with E-state index >= 15 is 0 Å². The van der Waals surface area contributed by atoms with Gasteiger partial charge in [-0.1, -0.05) is 42.5 Å². The molecule has 0 spiro atoms. The highest BCUT2D eigenvalue weighted by Gasteiger charge is 2.68. The van der Waals surface area contributed by atoms with Gasteiger partial charge in [-0.3, -0.25) is 19.3 Å². The number of β-lactam (4-membered cyclic amide) rings is 1. The van der Waals surface area contributed by atoms with Crippen LogP contribution >= 0.6 is 35.7 Å². The average Bonchev–Trinajstić information content (AvgIpc) is 2.77. The molecule has 2 unspecified atom stereocenters.